The largest absolute Gasteiger partial charge is 0.478 e. The van der Waals surface area contributed by atoms with Crippen LogP contribution in [-0.4, -0.2) is 11.1 Å². The van der Waals surface area contributed by atoms with Gasteiger partial charge in [-0.25, -0.2) is 4.79 Å². The average Bonchev–Trinajstić information content (AvgIpc) is 2.64. The molecule has 2 nitrogen and oxygen atoms in total. The van der Waals surface area contributed by atoms with Crippen LogP contribution in [0.2, 0.25) is 0 Å². The van der Waals surface area contributed by atoms with Gasteiger partial charge in [0.1, 0.15) is 0 Å². The van der Waals surface area contributed by atoms with E-state index in [4.69, 9.17) is 5.11 Å². The van der Waals surface area contributed by atoms with Gasteiger partial charge in [0.05, 0.1) is 0 Å². The molecule has 0 fully saturated rings. The summed E-state index contributed by atoms with van der Waals surface area (Å²) in [6.45, 7) is 2.25. The second kappa shape index (κ2) is 14.9. The van der Waals surface area contributed by atoms with Crippen molar-refractivity contribution < 1.29 is 9.90 Å². The van der Waals surface area contributed by atoms with Gasteiger partial charge in [0, 0.05) is 6.08 Å². The van der Waals surface area contributed by atoms with Gasteiger partial charge in [-0.05, 0) is 30.0 Å². The van der Waals surface area contributed by atoms with E-state index in [1.165, 1.54) is 44.9 Å². The Morgan fingerprint density at radius 2 is 1.46 bits per heavy atom. The zero-order valence-electron chi connectivity index (χ0n) is 15.9. The van der Waals surface area contributed by atoms with E-state index in [9.17, 15) is 4.79 Å². The second-order valence-electron chi connectivity index (χ2n) is 6.38. The van der Waals surface area contributed by atoms with Gasteiger partial charge in [0.25, 0.3) is 0 Å². The van der Waals surface area contributed by atoms with Crippen LogP contribution in [0.3, 0.4) is 0 Å². The predicted molar refractivity (Wildman–Crippen MR) is 113 cm³/mol. The average molecular weight is 353 g/mol. The molecule has 0 saturated heterocycles. The highest BCUT2D eigenvalue weighted by Crippen LogP contribution is 2.13. The molecule has 140 valence electrons. The number of hydrogen-bond acceptors (Lipinski definition) is 1. The van der Waals surface area contributed by atoms with Crippen LogP contribution in [0.4, 0.5) is 0 Å². The maximum absolute atomic E-state index is 10.6. The SMILES string of the molecule is CCCCCCCCCC=CC=CC=Cc1ccccc1C=CC(=O)O. The summed E-state index contributed by atoms with van der Waals surface area (Å²) < 4.78 is 0. The van der Waals surface area contributed by atoms with Crippen molar-refractivity contribution in [3.05, 3.63) is 71.8 Å². The number of carboxylic acids is 1. The Morgan fingerprint density at radius 3 is 2.15 bits per heavy atom. The molecule has 0 aliphatic carbocycles. The zero-order valence-corrected chi connectivity index (χ0v) is 15.9. The van der Waals surface area contributed by atoms with Crippen molar-refractivity contribution >= 4 is 18.1 Å². The molecule has 0 aromatic heterocycles. The van der Waals surface area contributed by atoms with Crippen molar-refractivity contribution in [2.24, 2.45) is 0 Å². The summed E-state index contributed by atoms with van der Waals surface area (Å²) in [4.78, 5) is 10.6. The van der Waals surface area contributed by atoms with E-state index < -0.39 is 5.97 Å². The lowest BCUT2D eigenvalue weighted by atomic mass is 10.1. The summed E-state index contributed by atoms with van der Waals surface area (Å²) in [5, 5.41) is 8.74. The minimum atomic E-state index is -0.935. The number of aliphatic carboxylic acids is 1. The Kier molecular flexibility index (Phi) is 12.5. The molecule has 0 radical (unpaired) electrons. The van der Waals surface area contributed by atoms with Crippen LogP contribution in [0.25, 0.3) is 12.2 Å². The molecule has 0 bridgehead atoms. The molecule has 0 saturated carbocycles. The Balaban J connectivity index is 2.28. The van der Waals surface area contributed by atoms with Crippen LogP contribution in [0.15, 0.2) is 60.7 Å². The van der Waals surface area contributed by atoms with Crippen molar-refractivity contribution in [2.45, 2.75) is 58.3 Å². The molecule has 2 heteroatoms. The van der Waals surface area contributed by atoms with Gasteiger partial charge in [0.15, 0.2) is 0 Å². The van der Waals surface area contributed by atoms with Gasteiger partial charge in [-0.15, -0.1) is 0 Å². The van der Waals surface area contributed by atoms with Crippen molar-refractivity contribution in [2.75, 3.05) is 0 Å². The maximum atomic E-state index is 10.6. The number of unbranched alkanes of at least 4 members (excludes halogenated alkanes) is 7. The van der Waals surface area contributed by atoms with Gasteiger partial charge in [-0.3, -0.25) is 0 Å². The van der Waals surface area contributed by atoms with E-state index in [2.05, 4.69) is 19.1 Å². The number of hydrogen-bond donors (Lipinski definition) is 1. The van der Waals surface area contributed by atoms with Crippen molar-refractivity contribution in [1.29, 1.82) is 0 Å². The molecule has 0 atom stereocenters. The number of carbonyl (C=O) groups is 1. The molecule has 0 unspecified atom stereocenters. The Morgan fingerprint density at radius 1 is 0.846 bits per heavy atom. The fourth-order valence-corrected chi connectivity index (χ4v) is 2.66. The summed E-state index contributed by atoms with van der Waals surface area (Å²) in [5.74, 6) is -0.935. The van der Waals surface area contributed by atoms with E-state index in [-0.39, 0.29) is 0 Å². The van der Waals surface area contributed by atoms with Crippen LogP contribution in [0.5, 0.6) is 0 Å². The lowest BCUT2D eigenvalue weighted by molar-refractivity contribution is -0.131. The summed E-state index contributed by atoms with van der Waals surface area (Å²) in [7, 11) is 0. The third-order valence-electron chi connectivity index (χ3n) is 4.12. The first-order valence-electron chi connectivity index (χ1n) is 9.74. The quantitative estimate of drug-likeness (QED) is 0.234. The highest BCUT2D eigenvalue weighted by Gasteiger charge is 1.94. The smallest absolute Gasteiger partial charge is 0.328 e. The number of rotatable bonds is 13. The third-order valence-corrected chi connectivity index (χ3v) is 4.12. The normalized spacial score (nSPS) is 12.2. The Labute approximate surface area is 158 Å². The minimum Gasteiger partial charge on any atom is -0.478 e. The first-order valence-corrected chi connectivity index (χ1v) is 9.74. The molecule has 0 aliphatic rings. The Bertz CT molecular complexity index is 621. The van der Waals surface area contributed by atoms with E-state index in [0.29, 0.717) is 0 Å². The van der Waals surface area contributed by atoms with Crippen molar-refractivity contribution in [3.8, 4) is 0 Å². The summed E-state index contributed by atoms with van der Waals surface area (Å²) in [6, 6.07) is 7.73. The van der Waals surface area contributed by atoms with E-state index in [1.54, 1.807) is 6.08 Å². The van der Waals surface area contributed by atoms with Crippen LogP contribution < -0.4 is 0 Å². The third kappa shape index (κ3) is 11.2. The topological polar surface area (TPSA) is 37.3 Å². The molecule has 0 heterocycles. The van der Waals surface area contributed by atoms with Gasteiger partial charge >= 0.3 is 5.97 Å². The predicted octanol–water partition coefficient (Wildman–Crippen LogP) is 7.05. The van der Waals surface area contributed by atoms with Gasteiger partial charge < -0.3 is 5.11 Å². The van der Waals surface area contributed by atoms with Crippen molar-refractivity contribution in [1.82, 2.24) is 0 Å². The first-order chi connectivity index (χ1) is 12.7. The first kappa shape index (κ1) is 21.7. The van der Waals surface area contributed by atoms with Crippen LogP contribution >= 0.6 is 0 Å². The molecular weight excluding hydrogens is 320 g/mol. The number of benzene rings is 1. The molecule has 0 aliphatic heterocycles. The zero-order chi connectivity index (χ0) is 18.9. The lowest BCUT2D eigenvalue weighted by Gasteiger charge is -1.99. The monoisotopic (exact) mass is 352 g/mol. The van der Waals surface area contributed by atoms with E-state index >= 15 is 0 Å². The molecule has 0 spiro atoms. The van der Waals surface area contributed by atoms with Crippen LogP contribution in [0, 0.1) is 0 Å². The lowest BCUT2D eigenvalue weighted by Crippen LogP contribution is -1.86. The highest BCUT2D eigenvalue weighted by molar-refractivity contribution is 5.86. The maximum Gasteiger partial charge on any atom is 0.328 e. The van der Waals surface area contributed by atoms with E-state index in [1.807, 2.05) is 48.6 Å². The van der Waals surface area contributed by atoms with Crippen molar-refractivity contribution in [3.63, 3.8) is 0 Å². The highest BCUT2D eigenvalue weighted by atomic mass is 16.4. The Hall–Kier alpha value is -2.35. The fraction of sp³-hybridized carbons (Fsp3) is 0.375. The number of carboxylic acid groups (broad SMARTS) is 1. The molecule has 1 N–H and O–H groups in total. The molecular formula is C24H32O2. The summed E-state index contributed by atoms with van der Waals surface area (Å²) in [5.41, 5.74) is 1.90. The number of allylic oxidation sites excluding steroid dienone is 5. The molecule has 1 rings (SSSR count). The minimum absolute atomic E-state index is 0.897. The summed E-state index contributed by atoms with van der Waals surface area (Å²) in [6.07, 6.45) is 25.7. The second-order valence-corrected chi connectivity index (χ2v) is 6.38. The molecule has 0 amide bonds. The van der Waals surface area contributed by atoms with Gasteiger partial charge in [-0.1, -0.05) is 106 Å². The van der Waals surface area contributed by atoms with Crippen LogP contribution in [0.1, 0.15) is 69.4 Å². The van der Waals surface area contributed by atoms with Crippen LogP contribution in [-0.2, 0) is 4.79 Å². The molecule has 1 aromatic carbocycles. The van der Waals surface area contributed by atoms with Gasteiger partial charge in [-0.2, -0.15) is 0 Å². The summed E-state index contributed by atoms with van der Waals surface area (Å²) >= 11 is 0. The standard InChI is InChI=1S/C24H32O2/c1-2-3-4-5-6-7-8-9-10-11-12-13-14-17-22-18-15-16-19-23(22)20-21-24(25)26/h10-21H,2-9H2,1H3,(H,25,26). The van der Waals surface area contributed by atoms with Gasteiger partial charge in [0.2, 0.25) is 0 Å². The fourth-order valence-electron chi connectivity index (χ4n) is 2.66. The van der Waals surface area contributed by atoms with E-state index in [0.717, 1.165) is 23.6 Å². The molecule has 26 heavy (non-hydrogen) atoms. The molecule has 1 aromatic rings.